The van der Waals surface area contributed by atoms with Gasteiger partial charge in [0.1, 0.15) is 22.8 Å². The summed E-state index contributed by atoms with van der Waals surface area (Å²) >= 11 is 0. The fourth-order valence-corrected chi connectivity index (χ4v) is 2.22. The quantitative estimate of drug-likeness (QED) is 0.557. The molecular formula is C20H33NO5. The Hall–Kier alpha value is -2.11. The van der Waals surface area contributed by atoms with Crippen LogP contribution in [0.25, 0.3) is 0 Å². The normalized spacial score (nSPS) is 11.1. The van der Waals surface area contributed by atoms with Gasteiger partial charge in [0, 0.05) is 24.7 Å². The van der Waals surface area contributed by atoms with E-state index in [2.05, 4.69) is 5.32 Å². The number of phenolic OH excluding ortho intramolecular Hbond substituents is 1. The van der Waals surface area contributed by atoms with Gasteiger partial charge in [-0.2, -0.15) is 0 Å². The maximum atomic E-state index is 11.5. The smallest absolute Gasteiger partial charge is 0.407 e. The molecule has 1 aromatic rings. The number of benzene rings is 1. The molecule has 0 aliphatic heterocycles. The SMILES string of the molecule is CCCOc1cc(O)cc(OCCCCCCNC(=O)OC(C)(C)C)c1. The largest absolute Gasteiger partial charge is 0.508 e. The summed E-state index contributed by atoms with van der Waals surface area (Å²) in [6.07, 6.45) is 4.37. The molecule has 1 rings (SSSR count). The second-order valence-corrected chi connectivity index (χ2v) is 7.20. The zero-order valence-corrected chi connectivity index (χ0v) is 16.5. The van der Waals surface area contributed by atoms with Gasteiger partial charge in [0.15, 0.2) is 0 Å². The van der Waals surface area contributed by atoms with E-state index in [9.17, 15) is 9.90 Å². The van der Waals surface area contributed by atoms with Crippen molar-refractivity contribution >= 4 is 6.09 Å². The first-order chi connectivity index (χ1) is 12.3. The van der Waals surface area contributed by atoms with Gasteiger partial charge in [-0.15, -0.1) is 0 Å². The molecule has 0 saturated heterocycles. The van der Waals surface area contributed by atoms with Gasteiger partial charge in [-0.3, -0.25) is 0 Å². The monoisotopic (exact) mass is 367 g/mol. The number of carbonyl (C=O) groups excluding carboxylic acids is 1. The summed E-state index contributed by atoms with van der Waals surface area (Å²) in [6, 6.07) is 4.96. The van der Waals surface area contributed by atoms with Gasteiger partial charge < -0.3 is 24.6 Å². The van der Waals surface area contributed by atoms with Crippen LogP contribution in [0.5, 0.6) is 17.2 Å². The van der Waals surface area contributed by atoms with E-state index in [4.69, 9.17) is 14.2 Å². The highest BCUT2D eigenvalue weighted by Crippen LogP contribution is 2.27. The molecule has 1 amide bonds. The first-order valence-electron chi connectivity index (χ1n) is 9.36. The highest BCUT2D eigenvalue weighted by atomic mass is 16.6. The Morgan fingerprint density at radius 2 is 1.62 bits per heavy atom. The van der Waals surface area contributed by atoms with Gasteiger partial charge in [-0.1, -0.05) is 19.8 Å². The summed E-state index contributed by atoms with van der Waals surface area (Å²) < 4.78 is 16.4. The molecule has 1 aromatic carbocycles. The van der Waals surface area contributed by atoms with Crippen LogP contribution in [0.3, 0.4) is 0 Å². The molecule has 6 nitrogen and oxygen atoms in total. The number of aromatic hydroxyl groups is 1. The van der Waals surface area contributed by atoms with E-state index in [1.165, 1.54) is 0 Å². The Labute approximate surface area is 156 Å². The Balaban J connectivity index is 2.12. The minimum Gasteiger partial charge on any atom is -0.508 e. The molecule has 0 radical (unpaired) electrons. The predicted octanol–water partition coefficient (Wildman–Crippen LogP) is 4.64. The molecule has 2 N–H and O–H groups in total. The zero-order valence-electron chi connectivity index (χ0n) is 16.5. The standard InChI is InChI=1S/C20H33NO5/c1-5-11-24-17-13-16(22)14-18(15-17)25-12-9-7-6-8-10-21-19(23)26-20(2,3)4/h13-15,22H,5-12H2,1-4H3,(H,21,23). The van der Waals surface area contributed by atoms with Gasteiger partial charge >= 0.3 is 6.09 Å². The highest BCUT2D eigenvalue weighted by molar-refractivity contribution is 5.67. The van der Waals surface area contributed by atoms with Crippen LogP contribution in [-0.4, -0.2) is 36.6 Å². The highest BCUT2D eigenvalue weighted by Gasteiger charge is 2.15. The van der Waals surface area contributed by atoms with Crippen molar-refractivity contribution in [1.29, 1.82) is 0 Å². The number of hydrogen-bond acceptors (Lipinski definition) is 5. The Morgan fingerprint density at radius 3 is 2.23 bits per heavy atom. The molecular weight excluding hydrogens is 334 g/mol. The fraction of sp³-hybridized carbons (Fsp3) is 0.650. The summed E-state index contributed by atoms with van der Waals surface area (Å²) in [7, 11) is 0. The van der Waals surface area contributed by atoms with Crippen molar-refractivity contribution in [3.05, 3.63) is 18.2 Å². The van der Waals surface area contributed by atoms with E-state index in [-0.39, 0.29) is 11.8 Å². The molecule has 0 atom stereocenters. The molecule has 0 heterocycles. The van der Waals surface area contributed by atoms with E-state index in [1.807, 2.05) is 27.7 Å². The lowest BCUT2D eigenvalue weighted by Gasteiger charge is -2.19. The molecule has 0 spiro atoms. The van der Waals surface area contributed by atoms with Crippen molar-refractivity contribution in [3.63, 3.8) is 0 Å². The second kappa shape index (κ2) is 11.5. The lowest BCUT2D eigenvalue weighted by Crippen LogP contribution is -2.32. The number of carbonyl (C=O) groups is 1. The molecule has 0 aliphatic carbocycles. The van der Waals surface area contributed by atoms with Crippen LogP contribution < -0.4 is 14.8 Å². The Bertz CT molecular complexity index is 539. The van der Waals surface area contributed by atoms with Crippen LogP contribution in [0.1, 0.15) is 59.8 Å². The summed E-state index contributed by atoms with van der Waals surface area (Å²) in [4.78, 5) is 11.5. The number of ether oxygens (including phenoxy) is 3. The lowest BCUT2D eigenvalue weighted by molar-refractivity contribution is 0.0527. The van der Waals surface area contributed by atoms with Crippen LogP contribution in [0, 0.1) is 0 Å². The topological polar surface area (TPSA) is 77.0 Å². The third-order valence-electron chi connectivity index (χ3n) is 3.35. The Morgan fingerprint density at radius 1 is 1.00 bits per heavy atom. The zero-order chi connectivity index (χ0) is 19.4. The van der Waals surface area contributed by atoms with Crippen molar-refractivity contribution in [1.82, 2.24) is 5.32 Å². The summed E-state index contributed by atoms with van der Waals surface area (Å²) in [5.41, 5.74) is -0.464. The summed E-state index contributed by atoms with van der Waals surface area (Å²) in [5, 5.41) is 12.5. The molecule has 0 unspecified atom stereocenters. The van der Waals surface area contributed by atoms with Gasteiger partial charge in [0.25, 0.3) is 0 Å². The van der Waals surface area contributed by atoms with Crippen molar-refractivity contribution < 1.29 is 24.1 Å². The van der Waals surface area contributed by atoms with Gasteiger partial charge in [0.2, 0.25) is 0 Å². The number of alkyl carbamates (subject to hydrolysis) is 1. The van der Waals surface area contributed by atoms with Crippen molar-refractivity contribution in [2.24, 2.45) is 0 Å². The number of rotatable bonds is 11. The maximum Gasteiger partial charge on any atom is 0.407 e. The third kappa shape index (κ3) is 10.7. The van der Waals surface area contributed by atoms with Gasteiger partial charge in [-0.05, 0) is 40.0 Å². The van der Waals surface area contributed by atoms with E-state index < -0.39 is 5.60 Å². The minimum atomic E-state index is -0.464. The molecule has 0 bridgehead atoms. The average molecular weight is 367 g/mol. The second-order valence-electron chi connectivity index (χ2n) is 7.20. The lowest BCUT2D eigenvalue weighted by atomic mass is 10.2. The molecule has 6 heteroatoms. The maximum absolute atomic E-state index is 11.5. The number of amides is 1. The molecule has 0 fully saturated rings. The fourth-order valence-electron chi connectivity index (χ4n) is 2.22. The molecule has 0 aromatic heterocycles. The van der Waals surface area contributed by atoms with E-state index in [0.29, 0.717) is 31.3 Å². The molecule has 148 valence electrons. The van der Waals surface area contributed by atoms with Gasteiger partial charge in [0.05, 0.1) is 13.2 Å². The number of hydrogen-bond donors (Lipinski definition) is 2. The third-order valence-corrected chi connectivity index (χ3v) is 3.35. The summed E-state index contributed by atoms with van der Waals surface area (Å²) in [6.45, 7) is 9.37. The molecule has 0 aliphatic rings. The first-order valence-corrected chi connectivity index (χ1v) is 9.36. The van der Waals surface area contributed by atoms with Crippen LogP contribution in [-0.2, 0) is 4.74 Å². The van der Waals surface area contributed by atoms with Crippen LogP contribution in [0.4, 0.5) is 4.79 Å². The van der Waals surface area contributed by atoms with Gasteiger partial charge in [-0.25, -0.2) is 4.79 Å². The number of phenols is 1. The minimum absolute atomic E-state index is 0.141. The van der Waals surface area contributed by atoms with Crippen molar-refractivity contribution in [3.8, 4) is 17.2 Å². The number of nitrogens with one attached hydrogen (secondary N) is 1. The number of unbranched alkanes of at least 4 members (excludes halogenated alkanes) is 3. The van der Waals surface area contributed by atoms with E-state index >= 15 is 0 Å². The van der Waals surface area contributed by atoms with Crippen LogP contribution in [0.2, 0.25) is 0 Å². The molecule has 0 saturated carbocycles. The first kappa shape index (κ1) is 21.9. The Kier molecular flexibility index (Phi) is 9.70. The van der Waals surface area contributed by atoms with E-state index in [1.54, 1.807) is 18.2 Å². The van der Waals surface area contributed by atoms with Crippen molar-refractivity contribution in [2.75, 3.05) is 19.8 Å². The molecule has 26 heavy (non-hydrogen) atoms. The van der Waals surface area contributed by atoms with Crippen molar-refractivity contribution in [2.45, 2.75) is 65.4 Å². The van der Waals surface area contributed by atoms with E-state index in [0.717, 1.165) is 32.1 Å². The van der Waals surface area contributed by atoms with Crippen LogP contribution in [0.15, 0.2) is 18.2 Å². The average Bonchev–Trinajstić information content (AvgIpc) is 2.53. The van der Waals surface area contributed by atoms with Crippen LogP contribution >= 0.6 is 0 Å². The summed E-state index contributed by atoms with van der Waals surface area (Å²) in [5.74, 6) is 1.37. The predicted molar refractivity (Wildman–Crippen MR) is 102 cm³/mol.